The number of thiazole rings is 1. The molecule has 7 nitrogen and oxygen atoms in total. The molecule has 3 heterocycles. The lowest BCUT2D eigenvalue weighted by Gasteiger charge is -2.23. The number of pyridine rings is 1. The van der Waals surface area contributed by atoms with E-state index in [0.717, 1.165) is 46.5 Å². The summed E-state index contributed by atoms with van der Waals surface area (Å²) in [4.78, 5) is 9.82. The van der Waals surface area contributed by atoms with Gasteiger partial charge >= 0.3 is 0 Å². The minimum atomic E-state index is -1.35. The van der Waals surface area contributed by atoms with Gasteiger partial charge < -0.3 is 16.1 Å². The molecular weight excluding hydrogens is 526 g/mol. The number of terminal acetylenes is 1. The monoisotopic (exact) mass is 556 g/mol. The molecule has 39 heavy (non-hydrogen) atoms. The third kappa shape index (κ3) is 5.13. The largest absolute Gasteiger partial charge is 0.377 e. The van der Waals surface area contributed by atoms with E-state index in [1.807, 2.05) is 48.5 Å². The third-order valence-corrected chi connectivity index (χ3v) is 8.28. The van der Waals surface area contributed by atoms with Crippen molar-refractivity contribution < 1.29 is 1.37 Å². The summed E-state index contributed by atoms with van der Waals surface area (Å²) < 4.78 is 9.73. The number of rotatable bonds is 9. The number of fused-ring (bicyclic) bond motifs is 1. The minimum Gasteiger partial charge on any atom is -0.377 e. The standard InChI is InChI=1S/C30H30ClN7S/c1-4-19-15-32-28-23(27(19)35-25(5-2)20-9-7-6-8-10-20)13-21(14-24(28)31)34-29(30-18(3)33-17-39-30)26-16-38(37-36-26)22-11-12-22/h1,6-10,13-17,22,25,29,34,36-37H,5,11-12H2,2-3H3,(H,32,35)/t25-,29-/m1/s1/i29D. The number of nitrogens with zero attached hydrogens (tertiary/aromatic N) is 3. The van der Waals surface area contributed by atoms with Crippen LogP contribution >= 0.6 is 22.9 Å². The summed E-state index contributed by atoms with van der Waals surface area (Å²) in [7, 11) is 0. The molecule has 0 radical (unpaired) electrons. The first-order valence-electron chi connectivity index (χ1n) is 13.5. The highest BCUT2D eigenvalue weighted by Crippen LogP contribution is 2.39. The van der Waals surface area contributed by atoms with Crippen molar-refractivity contribution in [3.8, 4) is 12.3 Å². The number of anilines is 2. The molecule has 2 aromatic carbocycles. The SMILES string of the molecule is [2H][C@@](Nc1cc(Cl)c2ncc(C#C)c(N[C@H](CC)c3ccccc3)c2c1)(C1=CN(C2CC2)NN1)c1scnc1C. The van der Waals surface area contributed by atoms with Crippen molar-refractivity contribution in [1.82, 2.24) is 25.9 Å². The summed E-state index contributed by atoms with van der Waals surface area (Å²) in [5.74, 6) is 2.79. The maximum Gasteiger partial charge on any atom is 0.106 e. The molecule has 9 heteroatoms. The number of hydrogen-bond acceptors (Lipinski definition) is 8. The van der Waals surface area contributed by atoms with Crippen LogP contribution in [-0.4, -0.2) is 21.0 Å². The van der Waals surface area contributed by atoms with E-state index < -0.39 is 6.02 Å². The predicted octanol–water partition coefficient (Wildman–Crippen LogP) is 6.68. The predicted molar refractivity (Wildman–Crippen MR) is 160 cm³/mol. The molecule has 2 aromatic heterocycles. The van der Waals surface area contributed by atoms with E-state index in [1.165, 1.54) is 11.3 Å². The van der Waals surface area contributed by atoms with E-state index in [2.05, 4.69) is 56.5 Å². The van der Waals surface area contributed by atoms with Gasteiger partial charge in [-0.15, -0.1) is 23.3 Å². The molecule has 1 aliphatic heterocycles. The second-order valence-corrected chi connectivity index (χ2v) is 11.0. The number of aromatic nitrogens is 2. The number of benzene rings is 2. The lowest BCUT2D eigenvalue weighted by Crippen LogP contribution is -2.38. The van der Waals surface area contributed by atoms with Gasteiger partial charge in [-0.25, -0.2) is 4.98 Å². The van der Waals surface area contributed by atoms with Gasteiger partial charge in [0.1, 0.15) is 6.02 Å². The van der Waals surface area contributed by atoms with Crippen molar-refractivity contribution in [2.24, 2.45) is 0 Å². The van der Waals surface area contributed by atoms with Gasteiger partial charge in [-0.3, -0.25) is 9.99 Å². The first kappa shape index (κ1) is 24.3. The van der Waals surface area contributed by atoms with E-state index in [4.69, 9.17) is 18.0 Å². The quantitative estimate of drug-likeness (QED) is 0.171. The topological polar surface area (TPSA) is 77.1 Å². The molecule has 1 saturated carbocycles. The Hall–Kier alpha value is -3.77. The van der Waals surface area contributed by atoms with Crippen LogP contribution in [0.5, 0.6) is 0 Å². The van der Waals surface area contributed by atoms with Crippen LogP contribution in [-0.2, 0) is 0 Å². The fourth-order valence-electron chi connectivity index (χ4n) is 4.81. The van der Waals surface area contributed by atoms with Crippen LogP contribution in [0.2, 0.25) is 5.02 Å². The van der Waals surface area contributed by atoms with E-state index in [1.54, 1.807) is 11.7 Å². The number of aryl methyl sites for hydroxylation is 1. The van der Waals surface area contributed by atoms with Crippen LogP contribution in [0, 0.1) is 19.3 Å². The summed E-state index contributed by atoms with van der Waals surface area (Å²) in [6.07, 6.45) is 12.7. The maximum absolute atomic E-state index is 9.73. The molecule has 0 spiro atoms. The summed E-state index contributed by atoms with van der Waals surface area (Å²) in [5, 5.41) is 10.4. The first-order valence-corrected chi connectivity index (χ1v) is 14.3. The molecule has 2 aliphatic rings. The Kier molecular flexibility index (Phi) is 6.71. The van der Waals surface area contributed by atoms with Crippen LogP contribution in [0.3, 0.4) is 0 Å². The highest BCUT2D eigenvalue weighted by Gasteiger charge is 2.33. The van der Waals surface area contributed by atoms with Gasteiger partial charge in [0.2, 0.25) is 0 Å². The number of hydrogen-bond donors (Lipinski definition) is 4. The summed E-state index contributed by atoms with van der Waals surface area (Å²) in [6.45, 7) is 4.06. The Labute approximate surface area is 239 Å². The molecule has 0 bridgehead atoms. The van der Waals surface area contributed by atoms with E-state index >= 15 is 0 Å². The van der Waals surface area contributed by atoms with Crippen molar-refractivity contribution >= 4 is 45.2 Å². The molecule has 4 aromatic rings. The molecule has 0 saturated heterocycles. The zero-order valence-electron chi connectivity index (χ0n) is 22.8. The van der Waals surface area contributed by atoms with Crippen LogP contribution in [0.1, 0.15) is 61.3 Å². The highest BCUT2D eigenvalue weighted by atomic mass is 35.5. The fourth-order valence-corrected chi connectivity index (χ4v) is 5.90. The van der Waals surface area contributed by atoms with Gasteiger partial charge in [-0.1, -0.05) is 54.8 Å². The average molecular weight is 557 g/mol. The van der Waals surface area contributed by atoms with Crippen molar-refractivity contribution in [3.05, 3.63) is 92.8 Å². The second-order valence-electron chi connectivity index (χ2n) is 9.75. The average Bonchev–Trinajstić information content (AvgIpc) is 3.51. The normalized spacial score (nSPS) is 17.5. The molecule has 4 N–H and O–H groups in total. The molecule has 0 amide bonds. The molecule has 2 atom stereocenters. The molecule has 198 valence electrons. The Bertz CT molecular complexity index is 1630. The maximum atomic E-state index is 9.73. The van der Waals surface area contributed by atoms with Gasteiger partial charge in [-0.2, -0.15) is 0 Å². The van der Waals surface area contributed by atoms with Gasteiger partial charge in [0.05, 0.1) is 51.0 Å². The fraction of sp³-hybridized carbons (Fsp3) is 0.267. The molecule has 1 fully saturated rings. The zero-order valence-corrected chi connectivity index (χ0v) is 23.3. The highest BCUT2D eigenvalue weighted by molar-refractivity contribution is 7.09. The smallest absolute Gasteiger partial charge is 0.106 e. The van der Waals surface area contributed by atoms with E-state index in [0.29, 0.717) is 33.5 Å². The zero-order chi connectivity index (χ0) is 27.9. The number of nitrogens with one attached hydrogen (secondary N) is 4. The van der Waals surface area contributed by atoms with Crippen molar-refractivity contribution in [3.63, 3.8) is 0 Å². The molecule has 6 rings (SSSR count). The summed E-state index contributed by atoms with van der Waals surface area (Å²) >= 11 is 8.27. The van der Waals surface area contributed by atoms with Gasteiger partial charge in [-0.05, 0) is 43.9 Å². The van der Waals surface area contributed by atoms with Crippen LogP contribution in [0.4, 0.5) is 11.4 Å². The van der Waals surface area contributed by atoms with Gasteiger partial charge in [0.25, 0.3) is 0 Å². The van der Waals surface area contributed by atoms with Crippen molar-refractivity contribution in [1.29, 1.82) is 0 Å². The summed E-state index contributed by atoms with van der Waals surface area (Å²) in [6, 6.07) is 13.2. The summed E-state index contributed by atoms with van der Waals surface area (Å²) in [5.41, 5.74) is 13.6. The third-order valence-electron chi connectivity index (χ3n) is 7.05. The molecule has 1 aliphatic carbocycles. The molecular formula is C30H30ClN7S. The second kappa shape index (κ2) is 10.8. The Morgan fingerprint density at radius 1 is 1.26 bits per heavy atom. The van der Waals surface area contributed by atoms with Gasteiger partial charge in [0.15, 0.2) is 0 Å². The Morgan fingerprint density at radius 2 is 2.08 bits per heavy atom. The first-order chi connectivity index (χ1) is 19.4. The Morgan fingerprint density at radius 3 is 2.77 bits per heavy atom. The minimum absolute atomic E-state index is 0.0386. The lowest BCUT2D eigenvalue weighted by molar-refractivity contribution is 0.260. The van der Waals surface area contributed by atoms with Crippen LogP contribution in [0.15, 0.2) is 66.1 Å². The van der Waals surface area contributed by atoms with Crippen molar-refractivity contribution in [2.45, 2.75) is 51.2 Å². The van der Waals surface area contributed by atoms with Crippen molar-refractivity contribution in [2.75, 3.05) is 10.6 Å². The number of halogens is 1. The van der Waals surface area contributed by atoms with Crippen LogP contribution < -0.4 is 21.6 Å². The van der Waals surface area contributed by atoms with E-state index in [-0.39, 0.29) is 6.04 Å². The van der Waals surface area contributed by atoms with Gasteiger partial charge in [0, 0.05) is 29.5 Å². The van der Waals surface area contributed by atoms with Crippen LogP contribution in [0.25, 0.3) is 10.9 Å². The molecule has 0 unspecified atom stereocenters. The Balaban J connectivity index is 1.44. The number of hydrazine groups is 2. The van der Waals surface area contributed by atoms with E-state index in [9.17, 15) is 1.37 Å². The lowest BCUT2D eigenvalue weighted by atomic mass is 10.0.